The summed E-state index contributed by atoms with van der Waals surface area (Å²) in [5.74, 6) is -1.27. The minimum atomic E-state index is -0.947. The number of non-ortho nitro benzene ring substituents is 1. The standard InChI is InChI=1S/C19H13ClN6O5/c1-31-18(28)15-14(17(27)10-6-8-11(9-7-10)26(29)30)16(12-4-2-3-5-13(12)20)25-19(21-15)22-23-24-25/h2-9,16H,1H3,(H,21,22,24)/t16-/m0/s1. The van der Waals surface area contributed by atoms with E-state index in [4.69, 9.17) is 16.3 Å². The van der Waals surface area contributed by atoms with Crippen molar-refractivity contribution >= 4 is 35.0 Å². The lowest BCUT2D eigenvalue weighted by Gasteiger charge is -2.28. The molecule has 0 radical (unpaired) electrons. The first-order valence-corrected chi connectivity index (χ1v) is 9.21. The van der Waals surface area contributed by atoms with Gasteiger partial charge < -0.3 is 10.1 Å². The third-order valence-electron chi connectivity index (χ3n) is 4.69. The van der Waals surface area contributed by atoms with Crippen molar-refractivity contribution in [2.45, 2.75) is 6.04 Å². The Morgan fingerprint density at radius 2 is 1.90 bits per heavy atom. The minimum absolute atomic E-state index is 0.0198. The van der Waals surface area contributed by atoms with Crippen molar-refractivity contribution in [3.63, 3.8) is 0 Å². The van der Waals surface area contributed by atoms with E-state index in [1.54, 1.807) is 24.3 Å². The van der Waals surface area contributed by atoms with Gasteiger partial charge in [-0.15, -0.1) is 0 Å². The lowest BCUT2D eigenvalue weighted by molar-refractivity contribution is -0.384. The average Bonchev–Trinajstić information content (AvgIpc) is 3.26. The van der Waals surface area contributed by atoms with Gasteiger partial charge in [-0.3, -0.25) is 14.9 Å². The highest BCUT2D eigenvalue weighted by Gasteiger charge is 2.39. The molecule has 0 bridgehead atoms. The van der Waals surface area contributed by atoms with Gasteiger partial charge in [-0.05, 0) is 28.6 Å². The Kier molecular flexibility index (Phi) is 5.17. The highest BCUT2D eigenvalue weighted by atomic mass is 35.5. The minimum Gasteiger partial charge on any atom is -0.464 e. The molecule has 0 amide bonds. The largest absolute Gasteiger partial charge is 0.464 e. The molecule has 12 heteroatoms. The van der Waals surface area contributed by atoms with Crippen LogP contribution in [0.3, 0.4) is 0 Å². The molecule has 1 aromatic heterocycles. The smallest absolute Gasteiger partial charge is 0.355 e. The zero-order valence-electron chi connectivity index (χ0n) is 15.9. The molecule has 3 aromatic rings. The molecule has 31 heavy (non-hydrogen) atoms. The number of nitro groups is 1. The highest BCUT2D eigenvalue weighted by Crippen LogP contribution is 2.39. The summed E-state index contributed by atoms with van der Waals surface area (Å²) in [7, 11) is 1.17. The van der Waals surface area contributed by atoms with Crippen LogP contribution >= 0.6 is 11.6 Å². The lowest BCUT2D eigenvalue weighted by atomic mass is 9.89. The van der Waals surface area contributed by atoms with E-state index < -0.39 is 22.7 Å². The van der Waals surface area contributed by atoms with Gasteiger partial charge in [0.2, 0.25) is 5.95 Å². The molecule has 1 atom stereocenters. The number of esters is 1. The third kappa shape index (κ3) is 3.51. The Bertz CT molecular complexity index is 1240. The molecule has 1 N–H and O–H groups in total. The van der Waals surface area contributed by atoms with E-state index in [2.05, 4.69) is 20.8 Å². The van der Waals surface area contributed by atoms with Crippen molar-refractivity contribution in [1.82, 2.24) is 20.2 Å². The molecule has 0 fully saturated rings. The molecular weight excluding hydrogens is 428 g/mol. The molecule has 156 valence electrons. The summed E-state index contributed by atoms with van der Waals surface area (Å²) >= 11 is 6.40. The number of aromatic nitrogens is 4. The zero-order chi connectivity index (χ0) is 22.1. The van der Waals surface area contributed by atoms with Crippen LogP contribution in [-0.2, 0) is 9.53 Å². The zero-order valence-corrected chi connectivity index (χ0v) is 16.6. The number of hydrogen-bond donors (Lipinski definition) is 1. The number of carbonyl (C=O) groups excluding carboxylic acids is 2. The summed E-state index contributed by atoms with van der Waals surface area (Å²) in [5, 5.41) is 25.4. The monoisotopic (exact) mass is 440 g/mol. The van der Waals surface area contributed by atoms with Crippen molar-refractivity contribution in [2.75, 3.05) is 12.4 Å². The van der Waals surface area contributed by atoms with Crippen molar-refractivity contribution in [1.29, 1.82) is 0 Å². The molecule has 1 aliphatic heterocycles. The molecule has 1 aliphatic rings. The third-order valence-corrected chi connectivity index (χ3v) is 5.04. The van der Waals surface area contributed by atoms with E-state index >= 15 is 0 Å². The number of carbonyl (C=O) groups is 2. The van der Waals surface area contributed by atoms with Gasteiger partial charge in [-0.2, -0.15) is 4.68 Å². The van der Waals surface area contributed by atoms with Gasteiger partial charge in [0, 0.05) is 28.3 Å². The van der Waals surface area contributed by atoms with E-state index in [1.165, 1.54) is 36.1 Å². The first-order chi connectivity index (χ1) is 14.9. The Labute approximate surface area is 179 Å². The van der Waals surface area contributed by atoms with Crippen molar-refractivity contribution in [3.8, 4) is 0 Å². The molecule has 2 aromatic carbocycles. The molecule has 0 aliphatic carbocycles. The van der Waals surface area contributed by atoms with Crippen LogP contribution in [0.5, 0.6) is 0 Å². The summed E-state index contributed by atoms with van der Waals surface area (Å²) in [6, 6.07) is 10.8. The quantitative estimate of drug-likeness (QED) is 0.274. The molecule has 0 spiro atoms. The fourth-order valence-corrected chi connectivity index (χ4v) is 3.50. The lowest BCUT2D eigenvalue weighted by Crippen LogP contribution is -2.33. The van der Waals surface area contributed by atoms with Crippen LogP contribution in [0, 0.1) is 10.1 Å². The molecule has 0 saturated heterocycles. The van der Waals surface area contributed by atoms with E-state index in [0.29, 0.717) is 10.6 Å². The number of fused-ring (bicyclic) bond motifs is 1. The molecule has 11 nitrogen and oxygen atoms in total. The van der Waals surface area contributed by atoms with Crippen LogP contribution in [-0.4, -0.2) is 44.0 Å². The van der Waals surface area contributed by atoms with E-state index in [-0.39, 0.29) is 28.5 Å². The Morgan fingerprint density at radius 3 is 2.55 bits per heavy atom. The van der Waals surface area contributed by atoms with Crippen LogP contribution in [0.1, 0.15) is 22.0 Å². The predicted octanol–water partition coefficient (Wildman–Crippen LogP) is 2.56. The number of anilines is 1. The second kappa shape index (κ2) is 7.95. The van der Waals surface area contributed by atoms with Crippen LogP contribution in [0.25, 0.3) is 0 Å². The maximum atomic E-state index is 13.5. The topological polar surface area (TPSA) is 142 Å². The number of allylic oxidation sites excluding steroid dienone is 1. The van der Waals surface area contributed by atoms with E-state index in [0.717, 1.165) is 0 Å². The van der Waals surface area contributed by atoms with Gasteiger partial charge in [0.1, 0.15) is 11.7 Å². The molecular formula is C19H13ClN6O5. The number of methoxy groups -OCH3 is 1. The van der Waals surface area contributed by atoms with Gasteiger partial charge in [0.15, 0.2) is 5.78 Å². The van der Waals surface area contributed by atoms with Gasteiger partial charge >= 0.3 is 5.97 Å². The Hall–Kier alpha value is -4.12. The second-order valence-electron chi connectivity index (χ2n) is 6.41. The number of nitro benzene ring substituents is 1. The number of ketones is 1. The Morgan fingerprint density at radius 1 is 1.19 bits per heavy atom. The molecule has 2 heterocycles. The van der Waals surface area contributed by atoms with Crippen molar-refractivity contribution < 1.29 is 19.2 Å². The maximum absolute atomic E-state index is 13.5. The van der Waals surface area contributed by atoms with Crippen molar-refractivity contribution in [2.24, 2.45) is 0 Å². The molecule has 0 saturated carbocycles. The van der Waals surface area contributed by atoms with Crippen LogP contribution in [0.2, 0.25) is 5.02 Å². The van der Waals surface area contributed by atoms with Gasteiger partial charge in [-0.25, -0.2) is 4.79 Å². The summed E-state index contributed by atoms with van der Waals surface area (Å²) in [4.78, 5) is 36.5. The SMILES string of the molecule is COC(=O)C1=C(C(=O)c2ccc([N+](=O)[O-])cc2)[C@H](c2ccccc2Cl)n2nnnc2N1. The fraction of sp³-hybridized carbons (Fsp3) is 0.105. The number of halogens is 1. The number of hydrogen-bond acceptors (Lipinski definition) is 9. The van der Waals surface area contributed by atoms with Gasteiger partial charge in [0.05, 0.1) is 17.6 Å². The number of tetrazole rings is 1. The van der Waals surface area contributed by atoms with Crippen LogP contribution < -0.4 is 5.32 Å². The summed E-state index contributed by atoms with van der Waals surface area (Å²) in [5.41, 5.74) is 0.251. The van der Waals surface area contributed by atoms with Crippen LogP contribution in [0.15, 0.2) is 59.8 Å². The van der Waals surface area contributed by atoms with E-state index in [9.17, 15) is 19.7 Å². The fourth-order valence-electron chi connectivity index (χ4n) is 3.26. The summed E-state index contributed by atoms with van der Waals surface area (Å²) in [6.07, 6.45) is 0. The molecule has 4 rings (SSSR count). The first kappa shape index (κ1) is 20.2. The normalized spacial score (nSPS) is 15.1. The molecule has 0 unspecified atom stereocenters. The highest BCUT2D eigenvalue weighted by molar-refractivity contribution is 6.31. The predicted molar refractivity (Wildman–Crippen MR) is 107 cm³/mol. The number of rotatable bonds is 5. The number of Topliss-reactive ketones (excluding diaryl/α,β-unsaturated/α-hetero) is 1. The Balaban J connectivity index is 1.93. The van der Waals surface area contributed by atoms with Crippen molar-refractivity contribution in [3.05, 3.63) is 86.1 Å². The number of nitrogens with one attached hydrogen (secondary N) is 1. The van der Waals surface area contributed by atoms with Gasteiger partial charge in [0.25, 0.3) is 5.69 Å². The summed E-state index contributed by atoms with van der Waals surface area (Å²) in [6.45, 7) is 0. The number of ether oxygens (including phenoxy) is 1. The average molecular weight is 441 g/mol. The number of benzene rings is 2. The van der Waals surface area contributed by atoms with Crippen LogP contribution in [0.4, 0.5) is 11.6 Å². The maximum Gasteiger partial charge on any atom is 0.355 e. The van der Waals surface area contributed by atoms with E-state index in [1.807, 2.05) is 0 Å². The summed E-state index contributed by atoms with van der Waals surface area (Å²) < 4.78 is 6.18. The second-order valence-corrected chi connectivity index (χ2v) is 6.82. The number of nitrogens with zero attached hydrogens (tertiary/aromatic N) is 5. The van der Waals surface area contributed by atoms with Gasteiger partial charge in [-0.1, -0.05) is 34.9 Å². The first-order valence-electron chi connectivity index (χ1n) is 8.83.